The smallest absolute Gasteiger partial charge is 0.253 e. The zero-order valence-electron chi connectivity index (χ0n) is 12.8. The normalized spacial score (nSPS) is 10.5. The Balaban J connectivity index is 1.56. The molecule has 0 aliphatic carbocycles. The van der Waals surface area contributed by atoms with E-state index in [9.17, 15) is 4.79 Å². The third-order valence-electron chi connectivity index (χ3n) is 3.46. The summed E-state index contributed by atoms with van der Waals surface area (Å²) in [5.41, 5.74) is 3.64. The van der Waals surface area contributed by atoms with Gasteiger partial charge in [-0.2, -0.15) is 5.10 Å². The molecule has 2 heterocycles. The molecule has 0 aliphatic heterocycles. The predicted molar refractivity (Wildman–Crippen MR) is 85.7 cm³/mol. The van der Waals surface area contributed by atoms with Crippen LogP contribution in [0.25, 0.3) is 0 Å². The summed E-state index contributed by atoms with van der Waals surface area (Å²) in [5.74, 6) is -0.121. The van der Waals surface area contributed by atoms with Crippen LogP contribution >= 0.6 is 0 Å². The fraction of sp³-hybridized carbons (Fsp3) is 0.176. The van der Waals surface area contributed by atoms with E-state index >= 15 is 0 Å². The first-order valence-corrected chi connectivity index (χ1v) is 7.32. The molecule has 0 atom stereocenters. The fourth-order valence-corrected chi connectivity index (χ4v) is 2.15. The summed E-state index contributed by atoms with van der Waals surface area (Å²) < 4.78 is 1.77. The molecule has 0 saturated carbocycles. The number of hydrogen-bond acceptors (Lipinski definition) is 4. The first kappa shape index (κ1) is 14.9. The van der Waals surface area contributed by atoms with E-state index < -0.39 is 0 Å². The number of benzene rings is 1. The number of rotatable bonds is 5. The summed E-state index contributed by atoms with van der Waals surface area (Å²) in [7, 11) is 0. The van der Waals surface area contributed by atoms with Gasteiger partial charge < -0.3 is 5.32 Å². The van der Waals surface area contributed by atoms with Crippen LogP contribution in [0, 0.1) is 6.92 Å². The molecule has 23 heavy (non-hydrogen) atoms. The van der Waals surface area contributed by atoms with Crippen LogP contribution in [-0.2, 0) is 13.1 Å². The molecule has 3 rings (SSSR count). The van der Waals surface area contributed by atoms with Crippen LogP contribution in [0.4, 0.5) is 0 Å². The van der Waals surface area contributed by atoms with E-state index in [0.717, 1.165) is 16.8 Å². The maximum absolute atomic E-state index is 12.0. The number of aryl methyl sites for hydroxylation is 1. The molecule has 1 amide bonds. The van der Waals surface area contributed by atoms with E-state index in [0.29, 0.717) is 18.7 Å². The molecular weight excluding hydrogens is 290 g/mol. The monoisotopic (exact) mass is 307 g/mol. The molecular formula is C17H17N5O. The molecule has 0 unspecified atom stereocenters. The minimum absolute atomic E-state index is 0.121. The molecule has 0 fully saturated rings. The quantitative estimate of drug-likeness (QED) is 0.782. The molecule has 2 aromatic heterocycles. The average molecular weight is 307 g/mol. The zero-order valence-corrected chi connectivity index (χ0v) is 12.8. The van der Waals surface area contributed by atoms with E-state index in [-0.39, 0.29) is 5.91 Å². The van der Waals surface area contributed by atoms with Crippen LogP contribution in [0.15, 0.2) is 55.2 Å². The van der Waals surface area contributed by atoms with Crippen molar-refractivity contribution in [1.82, 2.24) is 25.1 Å². The van der Waals surface area contributed by atoms with Crippen LogP contribution < -0.4 is 5.32 Å². The molecule has 6 heteroatoms. The van der Waals surface area contributed by atoms with Crippen molar-refractivity contribution in [1.29, 1.82) is 0 Å². The maximum Gasteiger partial charge on any atom is 0.253 e. The molecule has 0 spiro atoms. The average Bonchev–Trinajstić information content (AvgIpc) is 3.07. The molecule has 1 aromatic carbocycles. The molecule has 6 nitrogen and oxygen atoms in total. The Morgan fingerprint density at radius 2 is 1.91 bits per heavy atom. The first-order valence-electron chi connectivity index (χ1n) is 7.32. The van der Waals surface area contributed by atoms with Gasteiger partial charge in [0.05, 0.1) is 12.1 Å². The third-order valence-corrected chi connectivity index (χ3v) is 3.46. The van der Waals surface area contributed by atoms with Gasteiger partial charge in [-0.15, -0.1) is 0 Å². The van der Waals surface area contributed by atoms with Gasteiger partial charge >= 0.3 is 0 Å². The molecule has 0 bridgehead atoms. The largest absolute Gasteiger partial charge is 0.348 e. The van der Waals surface area contributed by atoms with Gasteiger partial charge in [-0.3, -0.25) is 9.78 Å². The standard InChI is InChI=1S/C17H17N5O/c1-13-2-7-16(9-19-13)17(23)20-8-14-3-5-15(6-4-14)10-22-12-18-11-21-22/h2-7,9,11-12H,8,10H2,1H3,(H,20,23). The molecule has 0 aliphatic rings. The van der Waals surface area contributed by atoms with Gasteiger partial charge in [0.15, 0.2) is 0 Å². The summed E-state index contributed by atoms with van der Waals surface area (Å²) in [4.78, 5) is 20.1. The van der Waals surface area contributed by atoms with Crippen LogP contribution in [0.1, 0.15) is 27.2 Å². The van der Waals surface area contributed by atoms with Crippen molar-refractivity contribution in [3.63, 3.8) is 0 Å². The Labute approximate surface area is 134 Å². The second-order valence-electron chi connectivity index (χ2n) is 5.28. The fourth-order valence-electron chi connectivity index (χ4n) is 2.15. The Morgan fingerprint density at radius 1 is 1.13 bits per heavy atom. The summed E-state index contributed by atoms with van der Waals surface area (Å²) in [5, 5.41) is 6.97. The van der Waals surface area contributed by atoms with Crippen LogP contribution in [-0.4, -0.2) is 25.7 Å². The number of nitrogens with one attached hydrogen (secondary N) is 1. The van der Waals surface area contributed by atoms with Crippen molar-refractivity contribution >= 4 is 5.91 Å². The van der Waals surface area contributed by atoms with Gasteiger partial charge in [-0.25, -0.2) is 9.67 Å². The van der Waals surface area contributed by atoms with E-state index in [1.54, 1.807) is 23.3 Å². The highest BCUT2D eigenvalue weighted by Crippen LogP contribution is 2.06. The number of hydrogen-bond donors (Lipinski definition) is 1. The van der Waals surface area contributed by atoms with Gasteiger partial charge in [0.25, 0.3) is 5.91 Å². The summed E-state index contributed by atoms with van der Waals surface area (Å²) in [6.07, 6.45) is 4.79. The van der Waals surface area contributed by atoms with Crippen LogP contribution in [0.3, 0.4) is 0 Å². The zero-order chi connectivity index (χ0) is 16.1. The van der Waals surface area contributed by atoms with Gasteiger partial charge in [0.2, 0.25) is 0 Å². The van der Waals surface area contributed by atoms with Crippen LogP contribution in [0.2, 0.25) is 0 Å². The molecule has 116 valence electrons. The van der Waals surface area contributed by atoms with Crippen molar-refractivity contribution in [3.8, 4) is 0 Å². The lowest BCUT2D eigenvalue weighted by atomic mass is 10.1. The second-order valence-corrected chi connectivity index (χ2v) is 5.28. The third kappa shape index (κ3) is 4.00. The number of carbonyl (C=O) groups is 1. The van der Waals surface area contributed by atoms with Gasteiger partial charge in [-0.1, -0.05) is 24.3 Å². The lowest BCUT2D eigenvalue weighted by molar-refractivity contribution is 0.0950. The first-order chi connectivity index (χ1) is 11.2. The molecule has 0 radical (unpaired) electrons. The number of aromatic nitrogens is 4. The Bertz CT molecular complexity index is 764. The summed E-state index contributed by atoms with van der Waals surface area (Å²) in [6.45, 7) is 3.06. The number of nitrogens with zero attached hydrogens (tertiary/aromatic N) is 4. The number of carbonyl (C=O) groups excluding carboxylic acids is 1. The molecule has 1 N–H and O–H groups in total. The highest BCUT2D eigenvalue weighted by atomic mass is 16.1. The maximum atomic E-state index is 12.0. The Morgan fingerprint density at radius 3 is 2.57 bits per heavy atom. The van der Waals surface area contributed by atoms with Crippen molar-refractivity contribution in [2.45, 2.75) is 20.0 Å². The van der Waals surface area contributed by atoms with Gasteiger partial charge in [0.1, 0.15) is 12.7 Å². The van der Waals surface area contributed by atoms with Gasteiger partial charge in [-0.05, 0) is 30.2 Å². The highest BCUT2D eigenvalue weighted by Gasteiger charge is 2.05. The second kappa shape index (κ2) is 6.83. The molecule has 0 saturated heterocycles. The minimum atomic E-state index is -0.121. The van der Waals surface area contributed by atoms with E-state index in [2.05, 4.69) is 20.4 Å². The minimum Gasteiger partial charge on any atom is -0.348 e. The van der Waals surface area contributed by atoms with E-state index in [4.69, 9.17) is 0 Å². The predicted octanol–water partition coefficient (Wildman–Crippen LogP) is 1.96. The van der Waals surface area contributed by atoms with E-state index in [1.165, 1.54) is 6.33 Å². The lowest BCUT2D eigenvalue weighted by Gasteiger charge is -2.07. The van der Waals surface area contributed by atoms with Crippen molar-refractivity contribution in [2.75, 3.05) is 0 Å². The SMILES string of the molecule is Cc1ccc(C(=O)NCc2ccc(Cn3cncn3)cc2)cn1. The number of pyridine rings is 1. The molecule has 3 aromatic rings. The Kier molecular flexibility index (Phi) is 4.42. The Hall–Kier alpha value is -3.02. The summed E-state index contributed by atoms with van der Waals surface area (Å²) >= 11 is 0. The topological polar surface area (TPSA) is 72.7 Å². The van der Waals surface area contributed by atoms with Crippen molar-refractivity contribution in [3.05, 3.63) is 77.6 Å². The highest BCUT2D eigenvalue weighted by molar-refractivity contribution is 5.93. The number of amides is 1. The van der Waals surface area contributed by atoms with E-state index in [1.807, 2.05) is 37.3 Å². The van der Waals surface area contributed by atoms with Crippen molar-refractivity contribution < 1.29 is 4.79 Å². The van der Waals surface area contributed by atoms with Gasteiger partial charge in [0, 0.05) is 18.4 Å². The van der Waals surface area contributed by atoms with Crippen LogP contribution in [0.5, 0.6) is 0 Å². The van der Waals surface area contributed by atoms with Crippen molar-refractivity contribution in [2.24, 2.45) is 0 Å². The summed E-state index contributed by atoms with van der Waals surface area (Å²) in [6, 6.07) is 11.7. The lowest BCUT2D eigenvalue weighted by Crippen LogP contribution is -2.22.